The van der Waals surface area contributed by atoms with Crippen LogP contribution in [0.1, 0.15) is 12.8 Å². The molecule has 0 spiro atoms. The summed E-state index contributed by atoms with van der Waals surface area (Å²) in [5, 5.41) is 2.64. The summed E-state index contributed by atoms with van der Waals surface area (Å²) in [6.45, 7) is 0. The van der Waals surface area contributed by atoms with Crippen molar-refractivity contribution in [1.29, 1.82) is 0 Å². The minimum atomic E-state index is -0.914. The lowest BCUT2D eigenvalue weighted by molar-refractivity contribution is -0.146. The maximum Gasteiger partial charge on any atom is 0.331 e. The van der Waals surface area contributed by atoms with Crippen LogP contribution in [0.25, 0.3) is 0 Å². The van der Waals surface area contributed by atoms with Crippen LogP contribution in [0.3, 0.4) is 0 Å². The molecule has 0 saturated heterocycles. The molecule has 1 fully saturated rings. The highest BCUT2D eigenvalue weighted by Gasteiger charge is 2.52. The number of hydrogen-bond donors (Lipinski definition) is 2. The minimum Gasteiger partial charge on any atom is -0.467 e. The van der Waals surface area contributed by atoms with Crippen LogP contribution in [0.5, 0.6) is 0 Å². The van der Waals surface area contributed by atoms with Crippen LogP contribution in [0, 0.1) is 0 Å². The summed E-state index contributed by atoms with van der Waals surface area (Å²) < 4.78 is 4.67. The molecule has 1 amide bonds. The molecule has 110 valence electrons. The molecule has 7 nitrogen and oxygen atoms in total. The first-order valence-corrected chi connectivity index (χ1v) is 6.38. The Balaban J connectivity index is 2.04. The van der Waals surface area contributed by atoms with Gasteiger partial charge in [-0.3, -0.25) is 14.8 Å². The number of nitrogens with two attached hydrogens (primary N) is 1. The van der Waals surface area contributed by atoms with Crippen LogP contribution in [0.2, 0.25) is 0 Å². The second kappa shape index (κ2) is 6.17. The third kappa shape index (κ3) is 3.44. The van der Waals surface area contributed by atoms with Crippen molar-refractivity contribution < 1.29 is 14.3 Å². The average molecular weight is 288 g/mol. The summed E-state index contributed by atoms with van der Waals surface area (Å²) in [6, 6.07) is 3.47. The molecule has 0 unspecified atom stereocenters. The maximum absolute atomic E-state index is 12.1. The van der Waals surface area contributed by atoms with Gasteiger partial charge in [0.25, 0.3) is 5.91 Å². The Bertz CT molecular complexity index is 591. The molecule has 3 N–H and O–H groups in total. The van der Waals surface area contributed by atoms with E-state index in [1.54, 1.807) is 24.5 Å². The second-order valence-corrected chi connectivity index (χ2v) is 4.62. The number of methoxy groups -OCH3 is 1. The molecule has 1 aromatic heterocycles. The highest BCUT2D eigenvalue weighted by Crippen LogP contribution is 2.36. The standard InChI is InChI=1S/C14H16N4O3/c1-21-13(20)14(4-5-14)18-12(19)10(7-15)8-17-11-3-2-6-16-9-11/h2-3,6-9H,4-5,15H2,1H3,(H,18,19). The highest BCUT2D eigenvalue weighted by molar-refractivity contribution is 6.13. The van der Waals surface area contributed by atoms with Gasteiger partial charge in [-0.15, -0.1) is 0 Å². The lowest BCUT2D eigenvalue weighted by Crippen LogP contribution is -2.44. The number of rotatable bonds is 5. The zero-order valence-electron chi connectivity index (χ0n) is 11.6. The number of nitrogens with zero attached hydrogens (tertiary/aromatic N) is 2. The Hall–Kier alpha value is -2.70. The monoisotopic (exact) mass is 288 g/mol. The number of aromatic nitrogens is 1. The first-order chi connectivity index (χ1) is 10.1. The van der Waals surface area contributed by atoms with E-state index in [4.69, 9.17) is 5.73 Å². The van der Waals surface area contributed by atoms with Crippen molar-refractivity contribution >= 4 is 23.8 Å². The quantitative estimate of drug-likeness (QED) is 0.465. The predicted molar refractivity (Wildman–Crippen MR) is 76.8 cm³/mol. The third-order valence-electron chi connectivity index (χ3n) is 3.12. The van der Waals surface area contributed by atoms with Crippen LogP contribution in [-0.4, -0.2) is 35.7 Å². The summed E-state index contributed by atoms with van der Waals surface area (Å²) in [4.78, 5) is 31.7. The summed E-state index contributed by atoms with van der Waals surface area (Å²) in [5.74, 6) is -0.913. The molecule has 7 heteroatoms. The Labute approximate surface area is 121 Å². The SMILES string of the molecule is COC(=O)C1(NC(=O)C(C=Nc2cccnc2)=CN)CC1. The molecule has 1 aliphatic rings. The zero-order valence-corrected chi connectivity index (χ0v) is 11.6. The number of hydrogen-bond acceptors (Lipinski definition) is 6. The van der Waals surface area contributed by atoms with Crippen molar-refractivity contribution in [3.8, 4) is 0 Å². The fraction of sp³-hybridized carbons (Fsp3) is 0.286. The van der Waals surface area contributed by atoms with Crippen molar-refractivity contribution in [2.45, 2.75) is 18.4 Å². The molecule has 1 heterocycles. The van der Waals surface area contributed by atoms with E-state index in [0.717, 1.165) is 6.20 Å². The van der Waals surface area contributed by atoms with Crippen LogP contribution in [0.4, 0.5) is 5.69 Å². The van der Waals surface area contributed by atoms with E-state index in [1.165, 1.54) is 13.3 Å². The van der Waals surface area contributed by atoms with Gasteiger partial charge in [0, 0.05) is 18.6 Å². The van der Waals surface area contributed by atoms with E-state index in [-0.39, 0.29) is 5.57 Å². The van der Waals surface area contributed by atoms with Gasteiger partial charge >= 0.3 is 5.97 Å². The van der Waals surface area contributed by atoms with Gasteiger partial charge in [-0.1, -0.05) is 0 Å². The Morgan fingerprint density at radius 1 is 1.52 bits per heavy atom. The molecule has 1 aliphatic carbocycles. The normalized spacial score (nSPS) is 16.5. The van der Waals surface area contributed by atoms with Crippen molar-refractivity contribution in [3.05, 3.63) is 36.3 Å². The topological polar surface area (TPSA) is 107 Å². The van der Waals surface area contributed by atoms with E-state index in [0.29, 0.717) is 18.5 Å². The number of carbonyl (C=O) groups excluding carboxylic acids is 2. The molecule has 1 aromatic rings. The number of amides is 1. The van der Waals surface area contributed by atoms with Crippen molar-refractivity contribution in [2.75, 3.05) is 7.11 Å². The van der Waals surface area contributed by atoms with Crippen LogP contribution < -0.4 is 11.1 Å². The van der Waals surface area contributed by atoms with E-state index in [1.807, 2.05) is 0 Å². The summed E-state index contributed by atoms with van der Waals surface area (Å²) in [6.07, 6.45) is 6.77. The fourth-order valence-corrected chi connectivity index (χ4v) is 1.74. The molecule has 0 aromatic carbocycles. The lowest BCUT2D eigenvalue weighted by Gasteiger charge is -2.14. The van der Waals surface area contributed by atoms with Crippen LogP contribution in [0.15, 0.2) is 41.3 Å². The zero-order chi connectivity index (χ0) is 15.3. The molecule has 0 bridgehead atoms. The van der Waals surface area contributed by atoms with Gasteiger partial charge in [0.2, 0.25) is 0 Å². The summed E-state index contributed by atoms with van der Waals surface area (Å²) in [7, 11) is 1.29. The third-order valence-corrected chi connectivity index (χ3v) is 3.12. The minimum absolute atomic E-state index is 0.161. The van der Waals surface area contributed by atoms with Crippen molar-refractivity contribution in [1.82, 2.24) is 10.3 Å². The average Bonchev–Trinajstić information content (AvgIpc) is 3.29. The smallest absolute Gasteiger partial charge is 0.331 e. The van der Waals surface area contributed by atoms with Gasteiger partial charge in [0.15, 0.2) is 0 Å². The van der Waals surface area contributed by atoms with Gasteiger partial charge in [-0.25, -0.2) is 4.79 Å². The first kappa shape index (κ1) is 14.7. The van der Waals surface area contributed by atoms with E-state index in [9.17, 15) is 9.59 Å². The van der Waals surface area contributed by atoms with Crippen LogP contribution >= 0.6 is 0 Å². The van der Waals surface area contributed by atoms with Gasteiger partial charge < -0.3 is 15.8 Å². The summed E-state index contributed by atoms with van der Waals surface area (Å²) >= 11 is 0. The van der Waals surface area contributed by atoms with E-state index in [2.05, 4.69) is 20.0 Å². The molecule has 21 heavy (non-hydrogen) atoms. The van der Waals surface area contributed by atoms with Gasteiger partial charge in [-0.2, -0.15) is 0 Å². The number of nitrogens with one attached hydrogen (secondary N) is 1. The Kier molecular flexibility index (Phi) is 4.32. The first-order valence-electron chi connectivity index (χ1n) is 6.38. The molecule has 0 atom stereocenters. The molecular weight excluding hydrogens is 272 g/mol. The van der Waals surface area contributed by atoms with Crippen LogP contribution in [-0.2, 0) is 14.3 Å². The maximum atomic E-state index is 12.1. The lowest BCUT2D eigenvalue weighted by atomic mass is 10.2. The largest absolute Gasteiger partial charge is 0.467 e. The van der Waals surface area contributed by atoms with Gasteiger partial charge in [0.05, 0.1) is 24.6 Å². The number of pyridine rings is 1. The van der Waals surface area contributed by atoms with Gasteiger partial charge in [0.1, 0.15) is 5.54 Å². The van der Waals surface area contributed by atoms with Gasteiger partial charge in [-0.05, 0) is 25.0 Å². The molecule has 2 rings (SSSR count). The number of ether oxygens (including phenoxy) is 1. The summed E-state index contributed by atoms with van der Waals surface area (Å²) in [5.41, 5.74) is 5.28. The Morgan fingerprint density at radius 2 is 2.29 bits per heavy atom. The highest BCUT2D eigenvalue weighted by atomic mass is 16.5. The van der Waals surface area contributed by atoms with E-state index >= 15 is 0 Å². The van der Waals surface area contributed by atoms with E-state index < -0.39 is 17.4 Å². The van der Waals surface area contributed by atoms with Crippen molar-refractivity contribution in [2.24, 2.45) is 10.7 Å². The number of aliphatic imine (C=N–C) groups is 1. The number of carbonyl (C=O) groups is 2. The predicted octanol–water partition coefficient (Wildman–Crippen LogP) is 0.448. The molecule has 0 aliphatic heterocycles. The number of esters is 1. The molecule has 0 radical (unpaired) electrons. The van der Waals surface area contributed by atoms with Crippen molar-refractivity contribution in [3.63, 3.8) is 0 Å². The fourth-order valence-electron chi connectivity index (χ4n) is 1.74. The molecular formula is C14H16N4O3. The molecule has 1 saturated carbocycles. The Morgan fingerprint density at radius 3 is 2.81 bits per heavy atom. The second-order valence-electron chi connectivity index (χ2n) is 4.62.